The van der Waals surface area contributed by atoms with Gasteiger partial charge in [0.15, 0.2) is 0 Å². The molecule has 1 atom stereocenters. The zero-order chi connectivity index (χ0) is 17.2. The lowest BCUT2D eigenvalue weighted by molar-refractivity contribution is -0.128. The van der Waals surface area contributed by atoms with Crippen LogP contribution in [0.4, 0.5) is 5.69 Å². The van der Waals surface area contributed by atoms with Gasteiger partial charge in [-0.3, -0.25) is 4.79 Å². The molecular formula is C16H23N3O4S. The summed E-state index contributed by atoms with van der Waals surface area (Å²) in [6.45, 7) is 4.00. The standard InChI is InChI=1S/C16H23N3O4S/c17-24(21,22)12-13-9-16(20)19(10-13)11-14-3-1-2-4-15(14)18-5-7-23-8-6-18/h1-4,13H,5-12H2,(H2,17,21,22). The van der Waals surface area contributed by atoms with E-state index in [4.69, 9.17) is 9.88 Å². The average molecular weight is 353 g/mol. The van der Waals surface area contributed by atoms with Crippen LogP contribution in [0.25, 0.3) is 0 Å². The van der Waals surface area contributed by atoms with Gasteiger partial charge in [-0.25, -0.2) is 13.6 Å². The van der Waals surface area contributed by atoms with E-state index in [0.29, 0.717) is 26.3 Å². The minimum atomic E-state index is -3.55. The van der Waals surface area contributed by atoms with Crippen LogP contribution in [0.2, 0.25) is 0 Å². The van der Waals surface area contributed by atoms with Crippen LogP contribution >= 0.6 is 0 Å². The first kappa shape index (κ1) is 17.2. The number of rotatable bonds is 5. The van der Waals surface area contributed by atoms with E-state index in [1.54, 1.807) is 4.90 Å². The van der Waals surface area contributed by atoms with Gasteiger partial charge in [0, 0.05) is 44.2 Å². The minimum absolute atomic E-state index is 0.0135. The van der Waals surface area contributed by atoms with E-state index < -0.39 is 10.0 Å². The molecule has 7 nitrogen and oxygen atoms in total. The molecule has 2 N–H and O–H groups in total. The van der Waals surface area contributed by atoms with E-state index in [0.717, 1.165) is 24.3 Å². The second-order valence-corrected chi connectivity index (χ2v) is 8.06. The summed E-state index contributed by atoms with van der Waals surface area (Å²) in [5, 5.41) is 5.10. The fourth-order valence-electron chi connectivity index (χ4n) is 3.41. The molecule has 0 radical (unpaired) electrons. The van der Waals surface area contributed by atoms with Crippen LogP contribution in [0, 0.1) is 5.92 Å². The molecule has 2 fully saturated rings. The molecular weight excluding hydrogens is 330 g/mol. The van der Waals surface area contributed by atoms with E-state index >= 15 is 0 Å². The summed E-state index contributed by atoms with van der Waals surface area (Å²) < 4.78 is 27.9. The average Bonchev–Trinajstić information content (AvgIpc) is 2.86. The summed E-state index contributed by atoms with van der Waals surface area (Å²) in [5.74, 6) is -0.371. The highest BCUT2D eigenvalue weighted by molar-refractivity contribution is 7.89. The van der Waals surface area contributed by atoms with Gasteiger partial charge in [-0.1, -0.05) is 18.2 Å². The monoisotopic (exact) mass is 353 g/mol. The Morgan fingerprint density at radius 1 is 1.21 bits per heavy atom. The van der Waals surface area contributed by atoms with Gasteiger partial charge >= 0.3 is 0 Å². The summed E-state index contributed by atoms with van der Waals surface area (Å²) in [6.07, 6.45) is 0.246. The maximum Gasteiger partial charge on any atom is 0.223 e. The molecule has 132 valence electrons. The largest absolute Gasteiger partial charge is 0.378 e. The highest BCUT2D eigenvalue weighted by atomic mass is 32.2. The van der Waals surface area contributed by atoms with Gasteiger partial charge in [-0.05, 0) is 11.6 Å². The summed E-state index contributed by atoms with van der Waals surface area (Å²) in [4.78, 5) is 16.2. The third-order valence-electron chi connectivity index (χ3n) is 4.47. The number of amides is 1. The van der Waals surface area contributed by atoms with Gasteiger partial charge < -0.3 is 14.5 Å². The summed E-state index contributed by atoms with van der Waals surface area (Å²) in [7, 11) is -3.55. The number of benzene rings is 1. The first-order valence-corrected chi connectivity index (χ1v) is 9.83. The molecule has 2 aliphatic heterocycles. The third kappa shape index (κ3) is 4.25. The predicted octanol–water partition coefficient (Wildman–Crippen LogP) is 0.160. The highest BCUT2D eigenvalue weighted by Crippen LogP contribution is 2.26. The van der Waals surface area contributed by atoms with Gasteiger partial charge in [-0.15, -0.1) is 0 Å². The Hall–Kier alpha value is -1.64. The van der Waals surface area contributed by atoms with Gasteiger partial charge in [-0.2, -0.15) is 0 Å². The number of hydrogen-bond donors (Lipinski definition) is 1. The van der Waals surface area contributed by atoms with Crippen molar-refractivity contribution < 1.29 is 17.9 Å². The van der Waals surface area contributed by atoms with Gasteiger partial charge in [0.2, 0.25) is 15.9 Å². The number of para-hydroxylation sites is 1. The number of hydrogen-bond acceptors (Lipinski definition) is 5. The van der Waals surface area contributed by atoms with Gasteiger partial charge in [0.25, 0.3) is 0 Å². The van der Waals surface area contributed by atoms with Crippen LogP contribution in [0.3, 0.4) is 0 Å². The number of nitrogens with zero attached hydrogens (tertiary/aromatic N) is 2. The quantitative estimate of drug-likeness (QED) is 0.814. The van der Waals surface area contributed by atoms with Crippen molar-refractivity contribution in [3.8, 4) is 0 Å². The first-order chi connectivity index (χ1) is 11.4. The normalized spacial score (nSPS) is 22.2. The van der Waals surface area contributed by atoms with Crippen LogP contribution < -0.4 is 10.0 Å². The molecule has 8 heteroatoms. The Balaban J connectivity index is 1.71. The van der Waals surface area contributed by atoms with Crippen LogP contribution in [0.5, 0.6) is 0 Å². The lowest BCUT2D eigenvalue weighted by Gasteiger charge is -2.31. The summed E-state index contributed by atoms with van der Waals surface area (Å²) in [6, 6.07) is 8.03. The number of sulfonamides is 1. The van der Waals surface area contributed by atoms with Crippen molar-refractivity contribution in [2.24, 2.45) is 11.1 Å². The maximum absolute atomic E-state index is 12.2. The molecule has 24 heavy (non-hydrogen) atoms. The summed E-state index contributed by atoms with van der Waals surface area (Å²) >= 11 is 0. The lowest BCUT2D eigenvalue weighted by Crippen LogP contribution is -2.37. The molecule has 0 spiro atoms. The number of likely N-dealkylation sites (tertiary alicyclic amines) is 1. The number of anilines is 1. The fraction of sp³-hybridized carbons (Fsp3) is 0.562. The second kappa shape index (κ2) is 7.08. The number of carbonyl (C=O) groups is 1. The number of nitrogens with two attached hydrogens (primary N) is 1. The first-order valence-electron chi connectivity index (χ1n) is 8.11. The Morgan fingerprint density at radius 2 is 1.92 bits per heavy atom. The molecule has 1 unspecified atom stereocenters. The number of carbonyl (C=O) groups excluding carboxylic acids is 1. The Bertz CT molecular complexity index is 701. The van der Waals surface area contributed by atoms with Crippen molar-refractivity contribution >= 4 is 21.6 Å². The van der Waals surface area contributed by atoms with E-state index in [1.807, 2.05) is 18.2 Å². The topological polar surface area (TPSA) is 92.9 Å². The van der Waals surface area contributed by atoms with E-state index in [2.05, 4.69) is 11.0 Å². The maximum atomic E-state index is 12.2. The van der Waals surface area contributed by atoms with Gasteiger partial charge in [0.1, 0.15) is 0 Å². The molecule has 2 heterocycles. The minimum Gasteiger partial charge on any atom is -0.378 e. The predicted molar refractivity (Wildman–Crippen MR) is 91.0 cm³/mol. The van der Waals surface area contributed by atoms with Crippen molar-refractivity contribution in [3.63, 3.8) is 0 Å². The van der Waals surface area contributed by atoms with Crippen molar-refractivity contribution in [1.82, 2.24) is 4.90 Å². The fourth-order valence-corrected chi connectivity index (χ4v) is 4.29. The second-order valence-electron chi connectivity index (χ2n) is 6.40. The molecule has 2 saturated heterocycles. The van der Waals surface area contributed by atoms with E-state index in [-0.39, 0.29) is 24.0 Å². The number of primary sulfonamides is 1. The smallest absolute Gasteiger partial charge is 0.223 e. The Kier molecular flexibility index (Phi) is 5.07. The molecule has 0 saturated carbocycles. The third-order valence-corrected chi connectivity index (χ3v) is 5.40. The zero-order valence-corrected chi connectivity index (χ0v) is 14.4. The number of morpholine rings is 1. The van der Waals surface area contributed by atoms with Crippen LogP contribution in [0.15, 0.2) is 24.3 Å². The van der Waals surface area contributed by atoms with Crippen molar-refractivity contribution in [2.75, 3.05) is 43.5 Å². The van der Waals surface area contributed by atoms with Crippen molar-refractivity contribution in [2.45, 2.75) is 13.0 Å². The lowest BCUT2D eigenvalue weighted by atomic mass is 10.1. The molecule has 1 aromatic carbocycles. The van der Waals surface area contributed by atoms with Crippen LogP contribution in [-0.2, 0) is 26.1 Å². The highest BCUT2D eigenvalue weighted by Gasteiger charge is 2.32. The van der Waals surface area contributed by atoms with Crippen molar-refractivity contribution in [3.05, 3.63) is 29.8 Å². The molecule has 2 aliphatic rings. The molecule has 0 aliphatic carbocycles. The molecule has 1 amide bonds. The van der Waals surface area contributed by atoms with Crippen molar-refractivity contribution in [1.29, 1.82) is 0 Å². The SMILES string of the molecule is NS(=O)(=O)CC1CC(=O)N(Cc2ccccc2N2CCOCC2)C1. The zero-order valence-electron chi connectivity index (χ0n) is 13.6. The van der Waals surface area contributed by atoms with Crippen LogP contribution in [0.1, 0.15) is 12.0 Å². The Morgan fingerprint density at radius 3 is 2.62 bits per heavy atom. The Labute approximate surface area is 142 Å². The van der Waals surface area contributed by atoms with Crippen LogP contribution in [-0.4, -0.2) is 57.8 Å². The molecule has 3 rings (SSSR count). The van der Waals surface area contributed by atoms with Gasteiger partial charge in [0.05, 0.1) is 19.0 Å². The molecule has 1 aromatic rings. The summed E-state index contributed by atoms with van der Waals surface area (Å²) in [5.41, 5.74) is 2.19. The molecule has 0 aromatic heterocycles. The molecule has 0 bridgehead atoms. The van der Waals surface area contributed by atoms with E-state index in [9.17, 15) is 13.2 Å². The number of ether oxygens (including phenoxy) is 1. The van der Waals surface area contributed by atoms with E-state index in [1.165, 1.54) is 0 Å².